The van der Waals surface area contributed by atoms with Crippen LogP contribution in [0.4, 0.5) is 4.39 Å². The highest BCUT2D eigenvalue weighted by atomic mass is 32.2. The van der Waals surface area contributed by atoms with E-state index >= 15 is 0 Å². The van der Waals surface area contributed by atoms with Gasteiger partial charge >= 0.3 is 5.97 Å². The summed E-state index contributed by atoms with van der Waals surface area (Å²) in [6.45, 7) is 3.82. The summed E-state index contributed by atoms with van der Waals surface area (Å²) in [6.07, 6.45) is -0.280. The molecule has 0 N–H and O–H groups in total. The first-order valence-electron chi connectivity index (χ1n) is 8.34. The fraction of sp³-hybridized carbons (Fsp3) is 0.529. The number of esters is 1. The van der Waals surface area contributed by atoms with E-state index in [2.05, 4.69) is 0 Å². The predicted molar refractivity (Wildman–Crippen MR) is 94.1 cm³/mol. The molecular weight excluding hydrogens is 379 g/mol. The van der Waals surface area contributed by atoms with Crippen LogP contribution in [0.25, 0.3) is 0 Å². The third-order valence-corrected chi connectivity index (χ3v) is 5.85. The van der Waals surface area contributed by atoms with Gasteiger partial charge in [-0.25, -0.2) is 21.9 Å². The van der Waals surface area contributed by atoms with Gasteiger partial charge in [-0.3, -0.25) is 4.79 Å². The molecule has 2 rings (SSSR count). The number of rotatable bonds is 5. The average molecular weight is 402 g/mol. The maximum absolute atomic E-state index is 14.0. The van der Waals surface area contributed by atoms with Crippen LogP contribution >= 0.6 is 0 Å². The number of hydrogen-bond acceptors (Lipinski definition) is 6. The van der Waals surface area contributed by atoms with Crippen LogP contribution in [0, 0.1) is 5.82 Å². The number of ether oxygens (including phenoxy) is 2. The molecule has 1 fully saturated rings. The lowest BCUT2D eigenvalue weighted by molar-refractivity contribution is -0.146. The normalized spacial score (nSPS) is 20.6. The fourth-order valence-electron chi connectivity index (χ4n) is 2.71. The zero-order chi connectivity index (χ0) is 20.4. The Kier molecular flexibility index (Phi) is 6.55. The Morgan fingerprint density at radius 2 is 1.85 bits per heavy atom. The number of halogens is 1. The second-order valence-corrected chi connectivity index (χ2v) is 8.71. The Hall–Kier alpha value is -2.04. The minimum absolute atomic E-state index is 0.140. The van der Waals surface area contributed by atoms with Gasteiger partial charge in [0.25, 0.3) is 5.91 Å². The molecule has 1 amide bonds. The number of carbonyl (C=O) groups excluding carboxylic acids is 2. The van der Waals surface area contributed by atoms with Crippen molar-refractivity contribution in [1.82, 2.24) is 9.21 Å². The van der Waals surface area contributed by atoms with Gasteiger partial charge in [0.05, 0.1) is 22.7 Å². The summed E-state index contributed by atoms with van der Waals surface area (Å²) in [5.74, 6) is -2.47. The van der Waals surface area contributed by atoms with E-state index in [1.807, 2.05) is 13.8 Å². The Labute approximate surface area is 157 Å². The fourth-order valence-corrected chi connectivity index (χ4v) is 3.64. The number of nitrogens with zero attached hydrogens (tertiary/aromatic N) is 2. The highest BCUT2D eigenvalue weighted by molar-refractivity contribution is 7.89. The van der Waals surface area contributed by atoms with E-state index in [9.17, 15) is 22.4 Å². The van der Waals surface area contributed by atoms with Crippen LogP contribution < -0.4 is 0 Å². The van der Waals surface area contributed by atoms with Gasteiger partial charge in [-0.15, -0.1) is 0 Å². The van der Waals surface area contributed by atoms with Crippen LogP contribution in [-0.2, 0) is 24.3 Å². The maximum Gasteiger partial charge on any atom is 0.341 e. The van der Waals surface area contributed by atoms with E-state index in [1.54, 1.807) is 0 Å². The quantitative estimate of drug-likeness (QED) is 0.679. The highest BCUT2D eigenvalue weighted by Crippen LogP contribution is 2.19. The maximum atomic E-state index is 14.0. The van der Waals surface area contributed by atoms with E-state index in [1.165, 1.54) is 19.0 Å². The van der Waals surface area contributed by atoms with Crippen LogP contribution in [0.15, 0.2) is 23.1 Å². The lowest BCUT2D eigenvalue weighted by Crippen LogP contribution is -2.49. The zero-order valence-electron chi connectivity index (χ0n) is 15.6. The molecule has 10 heteroatoms. The van der Waals surface area contributed by atoms with E-state index < -0.39 is 39.9 Å². The molecule has 0 unspecified atom stereocenters. The largest absolute Gasteiger partial charge is 0.452 e. The van der Waals surface area contributed by atoms with Crippen molar-refractivity contribution in [3.63, 3.8) is 0 Å². The second kappa shape index (κ2) is 8.32. The number of benzene rings is 1. The summed E-state index contributed by atoms with van der Waals surface area (Å²) >= 11 is 0. The van der Waals surface area contributed by atoms with Crippen molar-refractivity contribution < 1.29 is 31.9 Å². The number of carbonyl (C=O) groups is 2. The van der Waals surface area contributed by atoms with E-state index in [0.29, 0.717) is 13.1 Å². The average Bonchev–Trinajstić information content (AvgIpc) is 2.58. The van der Waals surface area contributed by atoms with Crippen molar-refractivity contribution in [3.8, 4) is 0 Å². The molecule has 0 bridgehead atoms. The van der Waals surface area contributed by atoms with Gasteiger partial charge in [-0.1, -0.05) is 0 Å². The van der Waals surface area contributed by atoms with E-state index in [-0.39, 0.29) is 17.1 Å². The number of sulfonamides is 1. The molecule has 1 heterocycles. The molecule has 8 nitrogen and oxygen atoms in total. The summed E-state index contributed by atoms with van der Waals surface area (Å²) in [4.78, 5) is 25.6. The van der Waals surface area contributed by atoms with Gasteiger partial charge in [0.15, 0.2) is 6.61 Å². The van der Waals surface area contributed by atoms with Crippen molar-refractivity contribution in [1.29, 1.82) is 0 Å². The Balaban J connectivity index is 2.09. The molecule has 1 saturated heterocycles. The van der Waals surface area contributed by atoms with Gasteiger partial charge < -0.3 is 14.4 Å². The van der Waals surface area contributed by atoms with Gasteiger partial charge in [0.2, 0.25) is 10.0 Å². The summed E-state index contributed by atoms with van der Waals surface area (Å²) in [5, 5.41) is 0. The topological polar surface area (TPSA) is 93.2 Å². The first-order chi connectivity index (χ1) is 12.5. The number of morpholine rings is 1. The summed E-state index contributed by atoms with van der Waals surface area (Å²) in [6, 6.07) is 2.83. The summed E-state index contributed by atoms with van der Waals surface area (Å²) in [7, 11) is -1.20. The Morgan fingerprint density at radius 1 is 1.26 bits per heavy atom. The van der Waals surface area contributed by atoms with Crippen LogP contribution in [0.2, 0.25) is 0 Å². The van der Waals surface area contributed by atoms with Crippen molar-refractivity contribution in [2.75, 3.05) is 33.8 Å². The molecule has 1 aromatic rings. The molecule has 2 atom stereocenters. The van der Waals surface area contributed by atoms with Crippen LogP contribution in [0.1, 0.15) is 24.2 Å². The Bertz CT molecular complexity index is 817. The Morgan fingerprint density at radius 3 is 2.41 bits per heavy atom. The first kappa shape index (κ1) is 21.3. The predicted octanol–water partition coefficient (Wildman–Crippen LogP) is 0.869. The van der Waals surface area contributed by atoms with Crippen LogP contribution in [0.5, 0.6) is 0 Å². The van der Waals surface area contributed by atoms with Gasteiger partial charge in [0.1, 0.15) is 5.82 Å². The minimum atomic E-state index is -3.84. The molecule has 27 heavy (non-hydrogen) atoms. The smallest absolute Gasteiger partial charge is 0.341 e. The van der Waals surface area contributed by atoms with Crippen molar-refractivity contribution in [3.05, 3.63) is 29.6 Å². The zero-order valence-corrected chi connectivity index (χ0v) is 16.5. The minimum Gasteiger partial charge on any atom is -0.452 e. The SMILES string of the molecule is C[C@@H]1CN(C(=O)COC(=O)c2cc(S(=O)(=O)N(C)C)ccc2F)C[C@@H](C)O1. The van der Waals surface area contributed by atoms with Crippen molar-refractivity contribution in [2.24, 2.45) is 0 Å². The van der Waals surface area contributed by atoms with Crippen molar-refractivity contribution in [2.45, 2.75) is 31.0 Å². The lowest BCUT2D eigenvalue weighted by atomic mass is 10.2. The molecule has 0 radical (unpaired) electrons. The van der Waals surface area contributed by atoms with Gasteiger partial charge in [-0.05, 0) is 32.0 Å². The number of hydrogen-bond donors (Lipinski definition) is 0. The van der Waals surface area contributed by atoms with Crippen LogP contribution in [-0.4, -0.2) is 75.5 Å². The van der Waals surface area contributed by atoms with E-state index in [4.69, 9.17) is 9.47 Å². The summed E-state index contributed by atoms with van der Waals surface area (Å²) < 4.78 is 49.6. The third-order valence-electron chi connectivity index (χ3n) is 4.04. The summed E-state index contributed by atoms with van der Waals surface area (Å²) in [5.41, 5.74) is -0.547. The van der Waals surface area contributed by atoms with Gasteiger partial charge in [0, 0.05) is 27.2 Å². The second-order valence-electron chi connectivity index (χ2n) is 6.56. The van der Waals surface area contributed by atoms with Crippen LogP contribution in [0.3, 0.4) is 0 Å². The molecule has 0 aliphatic carbocycles. The first-order valence-corrected chi connectivity index (χ1v) is 9.78. The molecule has 0 spiro atoms. The molecule has 1 aromatic carbocycles. The third kappa shape index (κ3) is 5.02. The molecule has 1 aliphatic rings. The molecule has 150 valence electrons. The molecule has 0 saturated carbocycles. The molecular formula is C17H23FN2O6S. The standard InChI is InChI=1S/C17H23FN2O6S/c1-11-8-20(9-12(2)26-11)16(21)10-25-17(22)14-7-13(5-6-15(14)18)27(23,24)19(3)4/h5-7,11-12H,8-10H2,1-4H3/t11-,12-/m1/s1. The molecule has 0 aromatic heterocycles. The lowest BCUT2D eigenvalue weighted by Gasteiger charge is -2.35. The van der Waals surface area contributed by atoms with E-state index in [0.717, 1.165) is 22.5 Å². The molecule has 1 aliphatic heterocycles. The van der Waals surface area contributed by atoms with Crippen molar-refractivity contribution >= 4 is 21.9 Å². The highest BCUT2D eigenvalue weighted by Gasteiger charge is 2.27. The van der Waals surface area contributed by atoms with Gasteiger partial charge in [-0.2, -0.15) is 0 Å². The monoisotopic (exact) mass is 402 g/mol. The number of amides is 1.